The molecule has 0 radical (unpaired) electrons. The maximum Gasteiger partial charge on any atom is 0.361 e. The fourth-order valence-corrected chi connectivity index (χ4v) is 2.99. The Morgan fingerprint density at radius 1 is 1.09 bits per heavy atom. The number of hydrogen-bond donors (Lipinski definition) is 1. The molecule has 3 rings (SSSR count). The van der Waals surface area contributed by atoms with Gasteiger partial charge in [-0.15, -0.1) is 0 Å². The largest absolute Gasteiger partial charge is 0.493 e. The minimum Gasteiger partial charge on any atom is -0.493 e. The molecule has 8 nitrogen and oxygen atoms in total. The summed E-state index contributed by atoms with van der Waals surface area (Å²) < 4.78 is 17.9. The first kappa shape index (κ1) is 22.9. The van der Waals surface area contributed by atoms with Crippen LogP contribution in [0.15, 0.2) is 54.7 Å². The molecule has 1 aromatic heterocycles. The van der Waals surface area contributed by atoms with E-state index in [9.17, 15) is 9.59 Å². The summed E-state index contributed by atoms with van der Waals surface area (Å²) in [5.74, 6) is 0.306. The van der Waals surface area contributed by atoms with Crippen molar-refractivity contribution in [3.05, 3.63) is 71.5 Å². The van der Waals surface area contributed by atoms with Gasteiger partial charge >= 0.3 is 5.97 Å². The zero-order valence-corrected chi connectivity index (χ0v) is 18.6. The number of amides is 1. The van der Waals surface area contributed by atoms with Gasteiger partial charge in [-0.25, -0.2) is 4.79 Å². The fourth-order valence-electron chi connectivity index (χ4n) is 2.99. The molecule has 8 heteroatoms. The molecule has 0 bridgehead atoms. The van der Waals surface area contributed by atoms with Crippen molar-refractivity contribution in [1.82, 2.24) is 9.78 Å². The summed E-state index contributed by atoms with van der Waals surface area (Å²) in [5, 5.41) is 6.99. The molecule has 1 amide bonds. The molecule has 2 aromatic carbocycles. The topological polar surface area (TPSA) is 91.7 Å². The van der Waals surface area contributed by atoms with E-state index in [0.29, 0.717) is 29.3 Å². The van der Waals surface area contributed by atoms with E-state index in [1.807, 2.05) is 37.3 Å². The summed E-state index contributed by atoms with van der Waals surface area (Å²) >= 11 is 0. The number of aromatic nitrogens is 2. The van der Waals surface area contributed by atoms with Gasteiger partial charge < -0.3 is 19.5 Å². The lowest BCUT2D eigenvalue weighted by molar-refractivity contribution is 0.0371. The van der Waals surface area contributed by atoms with E-state index < -0.39 is 5.97 Å². The maximum atomic E-state index is 12.9. The molecule has 3 aromatic rings. The first-order valence-electron chi connectivity index (χ1n) is 10.4. The van der Waals surface area contributed by atoms with E-state index in [-0.39, 0.29) is 24.3 Å². The highest BCUT2D eigenvalue weighted by Crippen LogP contribution is 2.26. The van der Waals surface area contributed by atoms with E-state index in [2.05, 4.69) is 10.4 Å². The Bertz CT molecular complexity index is 1090. The number of aryl methyl sites for hydroxylation is 1. The number of esters is 1. The van der Waals surface area contributed by atoms with Crippen LogP contribution in [0.2, 0.25) is 0 Å². The Morgan fingerprint density at radius 3 is 2.53 bits per heavy atom. The zero-order chi connectivity index (χ0) is 23.1. The summed E-state index contributed by atoms with van der Waals surface area (Å²) in [5.41, 5.74) is 1.62. The van der Waals surface area contributed by atoms with Gasteiger partial charge in [0.1, 0.15) is 6.61 Å². The van der Waals surface area contributed by atoms with Crippen molar-refractivity contribution < 1.29 is 23.8 Å². The molecule has 32 heavy (non-hydrogen) atoms. The molecule has 1 heterocycles. The third-order valence-electron chi connectivity index (χ3n) is 4.52. The van der Waals surface area contributed by atoms with E-state index in [0.717, 1.165) is 5.56 Å². The Balaban J connectivity index is 1.74. The van der Waals surface area contributed by atoms with Crippen molar-refractivity contribution >= 4 is 17.6 Å². The van der Waals surface area contributed by atoms with Crippen molar-refractivity contribution in [2.75, 3.05) is 12.4 Å². The molecule has 0 aliphatic rings. The Hall–Kier alpha value is -3.81. The minimum absolute atomic E-state index is 0.0737. The van der Waals surface area contributed by atoms with Crippen LogP contribution in [0, 0.1) is 0 Å². The lowest BCUT2D eigenvalue weighted by Gasteiger charge is -2.11. The lowest BCUT2D eigenvalue weighted by Crippen LogP contribution is -2.17. The van der Waals surface area contributed by atoms with Gasteiger partial charge in [-0.2, -0.15) is 5.10 Å². The normalized spacial score (nSPS) is 10.7. The average molecular weight is 437 g/mol. The number of carbonyl (C=O) groups is 2. The Labute approximate surface area is 187 Å². The van der Waals surface area contributed by atoms with Gasteiger partial charge in [0, 0.05) is 18.3 Å². The number of para-hydroxylation sites is 2. The van der Waals surface area contributed by atoms with Crippen molar-refractivity contribution in [2.24, 2.45) is 0 Å². The molecule has 0 atom stereocenters. The van der Waals surface area contributed by atoms with Gasteiger partial charge in [-0.05, 0) is 50.6 Å². The molecule has 0 unspecified atom stereocenters. The van der Waals surface area contributed by atoms with E-state index in [1.54, 1.807) is 50.0 Å². The molecule has 0 aliphatic heterocycles. The maximum absolute atomic E-state index is 12.9. The average Bonchev–Trinajstić information content (AvgIpc) is 3.20. The number of rotatable bonds is 9. The molecule has 0 aliphatic carbocycles. The number of benzene rings is 2. The number of anilines is 1. The van der Waals surface area contributed by atoms with Gasteiger partial charge in [0.2, 0.25) is 0 Å². The molecular formula is C24H27N3O5. The SMILES string of the molecule is CCn1cc(NC(=O)c2cccc(COc3ccccc3OC)c2)c(C(=O)OC(C)C)n1. The van der Waals surface area contributed by atoms with Gasteiger partial charge in [-0.3, -0.25) is 9.48 Å². The van der Waals surface area contributed by atoms with E-state index in [4.69, 9.17) is 14.2 Å². The third kappa shape index (κ3) is 5.66. The van der Waals surface area contributed by atoms with Crippen LogP contribution in [0.3, 0.4) is 0 Å². The number of methoxy groups -OCH3 is 1. The predicted molar refractivity (Wildman–Crippen MR) is 120 cm³/mol. The van der Waals surface area contributed by atoms with Crippen molar-refractivity contribution in [1.29, 1.82) is 0 Å². The first-order valence-corrected chi connectivity index (χ1v) is 10.4. The van der Waals surface area contributed by atoms with Crippen LogP contribution in [0.4, 0.5) is 5.69 Å². The molecular weight excluding hydrogens is 410 g/mol. The Kier molecular flexibility index (Phi) is 7.49. The second-order valence-electron chi connectivity index (χ2n) is 7.30. The van der Waals surface area contributed by atoms with Crippen molar-refractivity contribution in [3.8, 4) is 11.5 Å². The second-order valence-corrected chi connectivity index (χ2v) is 7.30. The lowest BCUT2D eigenvalue weighted by atomic mass is 10.1. The van der Waals surface area contributed by atoms with Gasteiger partial charge in [-0.1, -0.05) is 24.3 Å². The number of ether oxygens (including phenoxy) is 3. The smallest absolute Gasteiger partial charge is 0.361 e. The van der Waals surface area contributed by atoms with E-state index >= 15 is 0 Å². The third-order valence-corrected chi connectivity index (χ3v) is 4.52. The predicted octanol–water partition coefficient (Wildman–Crippen LogP) is 4.31. The number of nitrogens with one attached hydrogen (secondary N) is 1. The van der Waals surface area contributed by atoms with Gasteiger partial charge in [0.15, 0.2) is 17.2 Å². The van der Waals surface area contributed by atoms with Gasteiger partial charge in [0.05, 0.1) is 18.9 Å². The van der Waals surface area contributed by atoms with Gasteiger partial charge in [0.25, 0.3) is 5.91 Å². The minimum atomic E-state index is -0.582. The number of nitrogens with zero attached hydrogens (tertiary/aromatic N) is 2. The number of hydrogen-bond acceptors (Lipinski definition) is 6. The highest BCUT2D eigenvalue weighted by Gasteiger charge is 2.21. The molecule has 0 spiro atoms. The standard InChI is InChI=1S/C24H27N3O5/c1-5-27-14-19(22(26-27)24(29)32-16(2)3)25-23(28)18-10-8-9-17(13-18)15-31-21-12-7-6-11-20(21)30-4/h6-14,16H,5,15H2,1-4H3,(H,25,28). The molecule has 0 fully saturated rings. The van der Waals surface area contributed by atoms with Crippen LogP contribution >= 0.6 is 0 Å². The fraction of sp³-hybridized carbons (Fsp3) is 0.292. The van der Waals surface area contributed by atoms with Crippen LogP contribution in [0.25, 0.3) is 0 Å². The zero-order valence-electron chi connectivity index (χ0n) is 18.6. The second kappa shape index (κ2) is 10.5. The van der Waals surface area contributed by atoms with Crippen molar-refractivity contribution in [3.63, 3.8) is 0 Å². The molecule has 0 saturated carbocycles. The van der Waals surface area contributed by atoms with Crippen molar-refractivity contribution in [2.45, 2.75) is 40.0 Å². The summed E-state index contributed by atoms with van der Waals surface area (Å²) in [6.07, 6.45) is 1.32. The monoisotopic (exact) mass is 437 g/mol. The van der Waals surface area contributed by atoms with Crippen LogP contribution < -0.4 is 14.8 Å². The molecule has 1 N–H and O–H groups in total. The summed E-state index contributed by atoms with van der Waals surface area (Å²) in [7, 11) is 1.58. The van der Waals surface area contributed by atoms with Crippen LogP contribution in [0.1, 0.15) is 47.2 Å². The summed E-state index contributed by atoms with van der Waals surface area (Å²) in [6, 6.07) is 14.4. The van der Waals surface area contributed by atoms with E-state index in [1.165, 1.54) is 0 Å². The van der Waals surface area contributed by atoms with Crippen LogP contribution in [-0.2, 0) is 17.9 Å². The van der Waals surface area contributed by atoms with Crippen LogP contribution in [0.5, 0.6) is 11.5 Å². The first-order chi connectivity index (χ1) is 15.4. The summed E-state index contributed by atoms with van der Waals surface area (Å²) in [6.45, 7) is 6.22. The highest BCUT2D eigenvalue weighted by atomic mass is 16.5. The molecule has 168 valence electrons. The quantitative estimate of drug-likeness (QED) is 0.502. The summed E-state index contributed by atoms with van der Waals surface area (Å²) in [4.78, 5) is 25.2. The highest BCUT2D eigenvalue weighted by molar-refractivity contribution is 6.07. The van der Waals surface area contributed by atoms with Crippen LogP contribution in [-0.4, -0.2) is 34.9 Å². The number of carbonyl (C=O) groups excluding carboxylic acids is 2. The Morgan fingerprint density at radius 2 is 1.84 bits per heavy atom. The molecule has 0 saturated heterocycles.